The van der Waals surface area contributed by atoms with E-state index in [1.165, 1.54) is 18.5 Å². The summed E-state index contributed by atoms with van der Waals surface area (Å²) in [7, 11) is 0. The Labute approximate surface area is 123 Å². The molecule has 1 fully saturated rings. The molecule has 1 aliphatic heterocycles. The minimum Gasteiger partial charge on any atom is -0.372 e. The molecule has 6 nitrogen and oxygen atoms in total. The summed E-state index contributed by atoms with van der Waals surface area (Å²) in [6, 6.07) is 8.13. The van der Waals surface area contributed by atoms with Crippen molar-refractivity contribution in [3.8, 4) is 0 Å². The van der Waals surface area contributed by atoms with Gasteiger partial charge in [-0.05, 0) is 30.5 Å². The zero-order valence-electron chi connectivity index (χ0n) is 11.8. The summed E-state index contributed by atoms with van der Waals surface area (Å²) in [5, 5.41) is 11.9. The molecule has 0 aliphatic carbocycles. The highest BCUT2D eigenvalue weighted by molar-refractivity contribution is 5.88. The number of aromatic nitrogens is 2. The van der Waals surface area contributed by atoms with Crippen molar-refractivity contribution in [3.05, 3.63) is 42.2 Å². The van der Waals surface area contributed by atoms with Crippen LogP contribution in [0.3, 0.4) is 0 Å². The molecule has 1 aromatic carbocycles. The van der Waals surface area contributed by atoms with Gasteiger partial charge in [-0.15, -0.1) is 0 Å². The lowest BCUT2D eigenvalue weighted by Gasteiger charge is -2.17. The third kappa shape index (κ3) is 3.53. The molecule has 6 heteroatoms. The van der Waals surface area contributed by atoms with E-state index in [4.69, 9.17) is 0 Å². The molecule has 21 heavy (non-hydrogen) atoms. The van der Waals surface area contributed by atoms with Crippen molar-refractivity contribution >= 4 is 17.4 Å². The fourth-order valence-electron chi connectivity index (χ4n) is 2.48. The molecule has 3 N–H and O–H groups in total. The van der Waals surface area contributed by atoms with Crippen LogP contribution in [-0.4, -0.2) is 29.3 Å². The second-order valence-corrected chi connectivity index (χ2v) is 5.16. The maximum Gasteiger partial charge on any atom is 0.319 e. The third-order valence-corrected chi connectivity index (χ3v) is 3.62. The molecular weight excluding hydrogens is 266 g/mol. The van der Waals surface area contributed by atoms with Crippen LogP contribution in [0.4, 0.5) is 16.2 Å². The van der Waals surface area contributed by atoms with E-state index in [-0.39, 0.29) is 6.03 Å². The van der Waals surface area contributed by atoms with Crippen LogP contribution in [0.2, 0.25) is 0 Å². The van der Waals surface area contributed by atoms with Gasteiger partial charge in [0.25, 0.3) is 0 Å². The topological polar surface area (TPSA) is 73.1 Å². The van der Waals surface area contributed by atoms with Crippen LogP contribution < -0.4 is 15.5 Å². The lowest BCUT2D eigenvalue weighted by atomic mass is 10.2. The normalized spacial score (nSPS) is 14.2. The number of H-pyrrole nitrogens is 1. The van der Waals surface area contributed by atoms with E-state index in [1.54, 1.807) is 12.4 Å². The maximum atomic E-state index is 11.7. The molecule has 0 bridgehead atoms. The zero-order valence-corrected chi connectivity index (χ0v) is 11.8. The average molecular weight is 285 g/mol. The number of benzene rings is 1. The van der Waals surface area contributed by atoms with E-state index in [1.807, 2.05) is 0 Å². The van der Waals surface area contributed by atoms with Crippen LogP contribution in [0, 0.1) is 0 Å². The Bertz CT molecular complexity index is 573. The number of anilines is 2. The van der Waals surface area contributed by atoms with Gasteiger partial charge >= 0.3 is 6.03 Å². The van der Waals surface area contributed by atoms with E-state index in [9.17, 15) is 4.79 Å². The van der Waals surface area contributed by atoms with Crippen LogP contribution in [-0.2, 0) is 6.54 Å². The number of aromatic amines is 1. The molecule has 110 valence electrons. The fourth-order valence-corrected chi connectivity index (χ4v) is 2.48. The van der Waals surface area contributed by atoms with E-state index in [2.05, 4.69) is 50.0 Å². The number of urea groups is 1. The molecule has 0 atom stereocenters. The van der Waals surface area contributed by atoms with Crippen molar-refractivity contribution in [2.45, 2.75) is 19.4 Å². The van der Waals surface area contributed by atoms with Gasteiger partial charge in [0.1, 0.15) is 0 Å². The number of carbonyl (C=O) groups is 1. The van der Waals surface area contributed by atoms with Gasteiger partial charge in [0.05, 0.1) is 11.9 Å². The van der Waals surface area contributed by atoms with E-state index in [0.29, 0.717) is 12.2 Å². The second kappa shape index (κ2) is 6.30. The number of nitrogens with one attached hydrogen (secondary N) is 3. The van der Waals surface area contributed by atoms with Crippen LogP contribution in [0.25, 0.3) is 0 Å². The van der Waals surface area contributed by atoms with Crippen LogP contribution >= 0.6 is 0 Å². The summed E-state index contributed by atoms with van der Waals surface area (Å²) in [6.45, 7) is 2.79. The average Bonchev–Trinajstić information content (AvgIpc) is 3.19. The Hall–Kier alpha value is -2.50. The molecule has 1 aliphatic rings. The molecular formula is C15H19N5O. The van der Waals surface area contributed by atoms with Crippen molar-refractivity contribution in [2.24, 2.45) is 0 Å². The Balaban J connectivity index is 1.49. The first-order valence-electron chi connectivity index (χ1n) is 7.19. The standard InChI is InChI=1S/C15H19N5O/c21-15(19-13-10-17-18-11-13)16-9-12-3-5-14(6-4-12)20-7-1-2-8-20/h3-6,10-11H,1-2,7-9H2,(H,17,18)(H2,16,19,21). The first-order chi connectivity index (χ1) is 10.3. The van der Waals surface area contributed by atoms with Crippen molar-refractivity contribution in [1.29, 1.82) is 0 Å². The first kappa shape index (κ1) is 13.5. The molecule has 0 radical (unpaired) electrons. The molecule has 3 rings (SSSR count). The summed E-state index contributed by atoms with van der Waals surface area (Å²) in [5.41, 5.74) is 3.00. The minimum absolute atomic E-state index is 0.236. The van der Waals surface area contributed by atoms with Gasteiger partial charge in [-0.25, -0.2) is 4.79 Å². The lowest BCUT2D eigenvalue weighted by Crippen LogP contribution is -2.28. The van der Waals surface area contributed by atoms with Gasteiger partial charge in [0.15, 0.2) is 0 Å². The maximum absolute atomic E-state index is 11.7. The predicted octanol–water partition coefficient (Wildman–Crippen LogP) is 2.33. The molecule has 0 spiro atoms. The van der Waals surface area contributed by atoms with Crippen LogP contribution in [0.5, 0.6) is 0 Å². The number of rotatable bonds is 4. The molecule has 0 unspecified atom stereocenters. The van der Waals surface area contributed by atoms with E-state index < -0.39 is 0 Å². The third-order valence-electron chi connectivity index (χ3n) is 3.62. The first-order valence-corrected chi connectivity index (χ1v) is 7.19. The summed E-state index contributed by atoms with van der Waals surface area (Å²) < 4.78 is 0. The fraction of sp³-hybridized carbons (Fsp3) is 0.333. The second-order valence-electron chi connectivity index (χ2n) is 5.16. The lowest BCUT2D eigenvalue weighted by molar-refractivity contribution is 0.251. The molecule has 2 heterocycles. The Morgan fingerprint density at radius 3 is 2.67 bits per heavy atom. The van der Waals surface area contributed by atoms with Gasteiger partial charge in [-0.2, -0.15) is 5.10 Å². The molecule has 1 saturated heterocycles. The van der Waals surface area contributed by atoms with Crippen molar-refractivity contribution in [3.63, 3.8) is 0 Å². The van der Waals surface area contributed by atoms with Gasteiger partial charge in [-0.1, -0.05) is 12.1 Å². The Morgan fingerprint density at radius 1 is 1.24 bits per heavy atom. The van der Waals surface area contributed by atoms with Gasteiger partial charge in [0.2, 0.25) is 0 Å². The highest BCUT2D eigenvalue weighted by Gasteiger charge is 2.11. The van der Waals surface area contributed by atoms with Crippen LogP contribution in [0.15, 0.2) is 36.7 Å². The van der Waals surface area contributed by atoms with Gasteiger partial charge in [0, 0.05) is 31.5 Å². The SMILES string of the molecule is O=C(NCc1ccc(N2CCCC2)cc1)Nc1cn[nH]c1. The van der Waals surface area contributed by atoms with E-state index in [0.717, 1.165) is 18.7 Å². The number of hydrogen-bond donors (Lipinski definition) is 3. The smallest absolute Gasteiger partial charge is 0.319 e. The van der Waals surface area contributed by atoms with Gasteiger partial charge < -0.3 is 15.5 Å². The quantitative estimate of drug-likeness (QED) is 0.807. The number of carbonyl (C=O) groups excluding carboxylic acids is 1. The number of hydrogen-bond acceptors (Lipinski definition) is 3. The molecule has 2 aromatic rings. The van der Waals surface area contributed by atoms with Crippen LogP contribution in [0.1, 0.15) is 18.4 Å². The molecule has 0 saturated carbocycles. The van der Waals surface area contributed by atoms with E-state index >= 15 is 0 Å². The minimum atomic E-state index is -0.236. The Morgan fingerprint density at radius 2 is 2.00 bits per heavy atom. The monoisotopic (exact) mass is 285 g/mol. The molecule has 2 amide bonds. The van der Waals surface area contributed by atoms with Crippen molar-refractivity contribution in [1.82, 2.24) is 15.5 Å². The highest BCUT2D eigenvalue weighted by atomic mass is 16.2. The molecule has 1 aromatic heterocycles. The van der Waals surface area contributed by atoms with Gasteiger partial charge in [-0.3, -0.25) is 5.10 Å². The summed E-state index contributed by atoms with van der Waals surface area (Å²) in [6.07, 6.45) is 5.74. The number of amides is 2. The summed E-state index contributed by atoms with van der Waals surface area (Å²) in [5.74, 6) is 0. The van der Waals surface area contributed by atoms with Crippen molar-refractivity contribution < 1.29 is 4.79 Å². The zero-order chi connectivity index (χ0) is 14.5. The van der Waals surface area contributed by atoms with Crippen molar-refractivity contribution in [2.75, 3.05) is 23.3 Å². The summed E-state index contributed by atoms with van der Waals surface area (Å²) in [4.78, 5) is 14.1. The predicted molar refractivity (Wildman–Crippen MR) is 82.3 cm³/mol. The largest absolute Gasteiger partial charge is 0.372 e. The number of nitrogens with zero attached hydrogens (tertiary/aromatic N) is 2. The Kier molecular flexibility index (Phi) is 4.04. The summed E-state index contributed by atoms with van der Waals surface area (Å²) >= 11 is 0. The highest BCUT2D eigenvalue weighted by Crippen LogP contribution is 2.20.